The molecule has 3 aliphatic rings. The molecule has 5 rings (SSSR count). The number of hydrogen-bond donors (Lipinski definition) is 1. The molecule has 2 amide bonds. The van der Waals surface area contributed by atoms with Crippen molar-refractivity contribution in [2.24, 2.45) is 0 Å². The van der Waals surface area contributed by atoms with Crippen LogP contribution in [0.25, 0.3) is 0 Å². The van der Waals surface area contributed by atoms with E-state index in [2.05, 4.69) is 22.3 Å². The van der Waals surface area contributed by atoms with E-state index in [1.165, 1.54) is 32.4 Å². The molecule has 1 N–H and O–H groups in total. The number of benzene rings is 2. The SMILES string of the molecule is O=C1N[C@@H](CC(=O)N(Cc2cccc(OCCN3CCCCC3)c2)C2CC2)c2ccccc21. The number of fused-ring (bicyclic) bond motifs is 1. The largest absolute Gasteiger partial charge is 0.492 e. The summed E-state index contributed by atoms with van der Waals surface area (Å²) in [6.07, 6.45) is 6.31. The highest BCUT2D eigenvalue weighted by molar-refractivity contribution is 5.99. The van der Waals surface area contributed by atoms with Gasteiger partial charge in [-0.2, -0.15) is 0 Å². The predicted octanol–water partition coefficient (Wildman–Crippen LogP) is 3.92. The van der Waals surface area contributed by atoms with Gasteiger partial charge in [-0.25, -0.2) is 0 Å². The first-order valence-corrected chi connectivity index (χ1v) is 12.3. The molecular formula is C27H33N3O3. The van der Waals surface area contributed by atoms with Crippen molar-refractivity contribution >= 4 is 11.8 Å². The van der Waals surface area contributed by atoms with Crippen LogP contribution in [0.15, 0.2) is 48.5 Å². The Kier molecular flexibility index (Phi) is 6.63. The summed E-state index contributed by atoms with van der Waals surface area (Å²) in [5.74, 6) is 0.872. The molecule has 1 atom stereocenters. The summed E-state index contributed by atoms with van der Waals surface area (Å²) in [5, 5.41) is 2.98. The Hall–Kier alpha value is -2.86. The van der Waals surface area contributed by atoms with Gasteiger partial charge in [-0.15, -0.1) is 0 Å². The fourth-order valence-electron chi connectivity index (χ4n) is 4.99. The smallest absolute Gasteiger partial charge is 0.252 e. The molecule has 6 nitrogen and oxygen atoms in total. The molecule has 0 spiro atoms. The van der Waals surface area contributed by atoms with Crippen molar-refractivity contribution in [1.82, 2.24) is 15.1 Å². The van der Waals surface area contributed by atoms with E-state index in [0.29, 0.717) is 31.2 Å². The highest BCUT2D eigenvalue weighted by Gasteiger charge is 2.36. The van der Waals surface area contributed by atoms with E-state index in [-0.39, 0.29) is 17.9 Å². The highest BCUT2D eigenvalue weighted by Crippen LogP contribution is 2.33. The first-order valence-electron chi connectivity index (χ1n) is 12.3. The third-order valence-corrected chi connectivity index (χ3v) is 6.95. The van der Waals surface area contributed by atoms with E-state index in [4.69, 9.17) is 4.74 Å². The van der Waals surface area contributed by atoms with Crippen LogP contribution in [-0.2, 0) is 11.3 Å². The molecule has 2 aromatic carbocycles. The molecule has 33 heavy (non-hydrogen) atoms. The third-order valence-electron chi connectivity index (χ3n) is 6.95. The second kappa shape index (κ2) is 9.96. The van der Waals surface area contributed by atoms with Crippen LogP contribution in [0.2, 0.25) is 0 Å². The summed E-state index contributed by atoms with van der Waals surface area (Å²) in [6, 6.07) is 15.7. The fraction of sp³-hybridized carbons (Fsp3) is 0.481. The number of likely N-dealkylation sites (tertiary alicyclic amines) is 1. The Labute approximate surface area is 195 Å². The van der Waals surface area contributed by atoms with Crippen LogP contribution in [-0.4, -0.2) is 53.9 Å². The van der Waals surface area contributed by atoms with Crippen LogP contribution >= 0.6 is 0 Å². The maximum Gasteiger partial charge on any atom is 0.252 e. The number of piperidine rings is 1. The van der Waals surface area contributed by atoms with Gasteiger partial charge in [0.05, 0.1) is 12.5 Å². The van der Waals surface area contributed by atoms with E-state index >= 15 is 0 Å². The van der Waals surface area contributed by atoms with Gasteiger partial charge in [0, 0.05) is 24.7 Å². The van der Waals surface area contributed by atoms with Crippen LogP contribution < -0.4 is 10.1 Å². The summed E-state index contributed by atoms with van der Waals surface area (Å²) in [7, 11) is 0. The van der Waals surface area contributed by atoms with E-state index in [1.807, 2.05) is 41.3 Å². The molecule has 6 heteroatoms. The minimum absolute atomic E-state index is 0.0872. The summed E-state index contributed by atoms with van der Waals surface area (Å²) < 4.78 is 6.03. The summed E-state index contributed by atoms with van der Waals surface area (Å²) in [4.78, 5) is 30.0. The van der Waals surface area contributed by atoms with Crippen molar-refractivity contribution < 1.29 is 14.3 Å². The molecule has 0 unspecified atom stereocenters. The summed E-state index contributed by atoms with van der Waals surface area (Å²) >= 11 is 0. The minimum Gasteiger partial charge on any atom is -0.492 e. The number of hydrogen-bond acceptors (Lipinski definition) is 4. The average molecular weight is 448 g/mol. The number of amides is 2. The molecule has 0 radical (unpaired) electrons. The molecule has 1 saturated carbocycles. The first kappa shape index (κ1) is 22.0. The van der Waals surface area contributed by atoms with Gasteiger partial charge in [0.15, 0.2) is 0 Å². The second-order valence-electron chi connectivity index (χ2n) is 9.47. The van der Waals surface area contributed by atoms with Gasteiger partial charge in [-0.3, -0.25) is 14.5 Å². The fourth-order valence-corrected chi connectivity index (χ4v) is 4.99. The molecule has 174 valence electrons. The van der Waals surface area contributed by atoms with Crippen molar-refractivity contribution in [3.8, 4) is 5.75 Å². The lowest BCUT2D eigenvalue weighted by atomic mass is 10.0. The van der Waals surface area contributed by atoms with Gasteiger partial charge in [0.2, 0.25) is 5.91 Å². The summed E-state index contributed by atoms with van der Waals surface area (Å²) in [6.45, 7) is 4.58. The molecule has 2 aliphatic heterocycles. The Balaban J connectivity index is 1.19. The molecule has 1 aliphatic carbocycles. The predicted molar refractivity (Wildman–Crippen MR) is 127 cm³/mol. The Morgan fingerprint density at radius 3 is 2.70 bits per heavy atom. The van der Waals surface area contributed by atoms with Gasteiger partial charge in [-0.1, -0.05) is 36.8 Å². The minimum atomic E-state index is -0.244. The lowest BCUT2D eigenvalue weighted by Crippen LogP contribution is -2.35. The quantitative estimate of drug-likeness (QED) is 0.633. The van der Waals surface area contributed by atoms with Crippen LogP contribution in [0.3, 0.4) is 0 Å². The highest BCUT2D eigenvalue weighted by atomic mass is 16.5. The molecular weight excluding hydrogens is 414 g/mol. The molecule has 0 bridgehead atoms. The van der Waals surface area contributed by atoms with Crippen molar-refractivity contribution in [2.45, 2.75) is 57.2 Å². The van der Waals surface area contributed by atoms with Gasteiger partial charge in [0.25, 0.3) is 5.91 Å². The van der Waals surface area contributed by atoms with E-state index in [9.17, 15) is 9.59 Å². The second-order valence-corrected chi connectivity index (χ2v) is 9.47. The Bertz CT molecular complexity index is 998. The van der Waals surface area contributed by atoms with Crippen molar-refractivity contribution in [2.75, 3.05) is 26.2 Å². The maximum atomic E-state index is 13.3. The zero-order valence-electron chi connectivity index (χ0n) is 19.2. The number of carbonyl (C=O) groups is 2. The molecule has 1 saturated heterocycles. The van der Waals surface area contributed by atoms with E-state index in [1.54, 1.807) is 0 Å². The Morgan fingerprint density at radius 1 is 1.06 bits per heavy atom. The lowest BCUT2D eigenvalue weighted by molar-refractivity contribution is -0.132. The van der Waals surface area contributed by atoms with Gasteiger partial charge < -0.3 is 15.0 Å². The number of rotatable bonds is 9. The average Bonchev–Trinajstić information content (AvgIpc) is 3.63. The van der Waals surface area contributed by atoms with Crippen LogP contribution in [0.5, 0.6) is 5.75 Å². The third kappa shape index (κ3) is 5.38. The monoisotopic (exact) mass is 447 g/mol. The van der Waals surface area contributed by atoms with Gasteiger partial charge in [0.1, 0.15) is 12.4 Å². The van der Waals surface area contributed by atoms with Crippen molar-refractivity contribution in [1.29, 1.82) is 0 Å². The van der Waals surface area contributed by atoms with Crippen LogP contribution in [0.4, 0.5) is 0 Å². The zero-order chi connectivity index (χ0) is 22.6. The zero-order valence-corrected chi connectivity index (χ0v) is 19.2. The molecule has 2 fully saturated rings. The normalized spacial score (nSPS) is 20.2. The number of nitrogens with zero attached hydrogens (tertiary/aromatic N) is 2. The topological polar surface area (TPSA) is 61.9 Å². The lowest BCUT2D eigenvalue weighted by Gasteiger charge is -2.26. The number of carbonyl (C=O) groups excluding carboxylic acids is 2. The molecule has 2 aromatic rings. The van der Waals surface area contributed by atoms with Crippen molar-refractivity contribution in [3.05, 3.63) is 65.2 Å². The van der Waals surface area contributed by atoms with E-state index in [0.717, 1.165) is 36.3 Å². The number of ether oxygens (including phenoxy) is 1. The number of nitrogens with one attached hydrogen (secondary N) is 1. The van der Waals surface area contributed by atoms with E-state index < -0.39 is 0 Å². The van der Waals surface area contributed by atoms with Crippen LogP contribution in [0, 0.1) is 0 Å². The Morgan fingerprint density at radius 2 is 1.88 bits per heavy atom. The van der Waals surface area contributed by atoms with Gasteiger partial charge >= 0.3 is 0 Å². The molecule has 2 heterocycles. The standard InChI is InChI=1S/C27H33N3O3/c31-26(18-25-23-9-2-3-10-24(23)27(32)28-25)30(21-11-12-21)19-20-7-6-8-22(17-20)33-16-15-29-13-4-1-5-14-29/h2-3,6-10,17,21,25H,1,4-5,11-16,18-19H2,(H,28,32)/t25-/m0/s1. The van der Waals surface area contributed by atoms with Crippen molar-refractivity contribution in [3.63, 3.8) is 0 Å². The molecule has 0 aromatic heterocycles. The first-order chi connectivity index (χ1) is 16.2. The van der Waals surface area contributed by atoms with Gasteiger partial charge in [-0.05, 0) is 68.1 Å². The summed E-state index contributed by atoms with van der Waals surface area (Å²) in [5.41, 5.74) is 2.69. The maximum absolute atomic E-state index is 13.3. The van der Waals surface area contributed by atoms with Crippen LogP contribution in [0.1, 0.15) is 66.1 Å².